The Kier molecular flexibility index (Phi) is 7.57. The summed E-state index contributed by atoms with van der Waals surface area (Å²) in [5.41, 5.74) is 0.464. The molecule has 0 amide bonds. The molecule has 0 bridgehead atoms. The van der Waals surface area contributed by atoms with Gasteiger partial charge in [-0.25, -0.2) is 13.2 Å². The Hall–Kier alpha value is -1.87. The highest BCUT2D eigenvalue weighted by Gasteiger charge is 2.29. The second kappa shape index (κ2) is 9.96. The number of nitrogens with zero attached hydrogens (tertiary/aromatic N) is 1. The van der Waals surface area contributed by atoms with Gasteiger partial charge in [-0.05, 0) is 49.4 Å². The summed E-state index contributed by atoms with van der Waals surface area (Å²) >= 11 is 7.68. The molecule has 2 aromatic carbocycles. The second-order valence-corrected chi connectivity index (χ2v) is 10.0. The molecule has 0 spiro atoms. The third-order valence-corrected chi connectivity index (χ3v) is 7.97. The molecule has 1 heterocycles. The van der Waals surface area contributed by atoms with Crippen LogP contribution in [0.3, 0.4) is 0 Å². The van der Waals surface area contributed by atoms with Gasteiger partial charge in [0.1, 0.15) is 4.90 Å². The molecule has 3 rings (SSSR count). The zero-order valence-corrected chi connectivity index (χ0v) is 18.9. The summed E-state index contributed by atoms with van der Waals surface area (Å²) in [5.74, 6) is -1.12. The lowest BCUT2D eigenvalue weighted by Crippen LogP contribution is -2.35. The molecule has 160 valence electrons. The smallest absolute Gasteiger partial charge is 0.338 e. The summed E-state index contributed by atoms with van der Waals surface area (Å²) in [6.07, 6.45) is 4.50. The van der Waals surface area contributed by atoms with Gasteiger partial charge < -0.3 is 4.74 Å². The fourth-order valence-corrected chi connectivity index (χ4v) is 5.57. The van der Waals surface area contributed by atoms with Crippen LogP contribution in [0.15, 0.2) is 52.3 Å². The number of rotatable bonds is 7. The van der Waals surface area contributed by atoms with Crippen LogP contribution in [0.1, 0.15) is 40.0 Å². The SMILES string of the molecule is CSc1ccc(C(=O)COC(=O)c2ccc(Cl)c(S(=O)(=O)N3CCCCC3)c2)cc1. The van der Waals surface area contributed by atoms with E-state index >= 15 is 0 Å². The molecule has 0 unspecified atom stereocenters. The molecule has 0 N–H and O–H groups in total. The molecule has 0 atom stereocenters. The van der Waals surface area contributed by atoms with E-state index in [9.17, 15) is 18.0 Å². The summed E-state index contributed by atoms with van der Waals surface area (Å²) < 4.78 is 32.3. The van der Waals surface area contributed by atoms with E-state index in [0.29, 0.717) is 18.7 Å². The Morgan fingerprint density at radius 3 is 2.30 bits per heavy atom. The van der Waals surface area contributed by atoms with Crippen molar-refractivity contribution < 1.29 is 22.7 Å². The van der Waals surface area contributed by atoms with Crippen molar-refractivity contribution in [1.82, 2.24) is 4.31 Å². The minimum Gasteiger partial charge on any atom is -0.454 e. The molecule has 2 aromatic rings. The Bertz CT molecular complexity index is 1030. The number of hydrogen-bond donors (Lipinski definition) is 0. The maximum atomic E-state index is 12.9. The van der Waals surface area contributed by atoms with Gasteiger partial charge in [-0.15, -0.1) is 11.8 Å². The molecule has 9 heteroatoms. The lowest BCUT2D eigenvalue weighted by atomic mass is 10.1. The monoisotopic (exact) mass is 467 g/mol. The number of thioether (sulfide) groups is 1. The van der Waals surface area contributed by atoms with Crippen molar-refractivity contribution in [3.63, 3.8) is 0 Å². The maximum absolute atomic E-state index is 12.9. The number of hydrogen-bond acceptors (Lipinski definition) is 6. The van der Waals surface area contributed by atoms with Crippen molar-refractivity contribution in [3.8, 4) is 0 Å². The van der Waals surface area contributed by atoms with Crippen LogP contribution in [-0.2, 0) is 14.8 Å². The number of esters is 1. The number of carbonyl (C=O) groups excluding carboxylic acids is 2. The van der Waals surface area contributed by atoms with E-state index in [1.807, 2.05) is 18.4 Å². The molecule has 0 saturated carbocycles. The number of piperidine rings is 1. The molecule has 30 heavy (non-hydrogen) atoms. The zero-order chi connectivity index (χ0) is 21.7. The van der Waals surface area contributed by atoms with Crippen molar-refractivity contribution in [2.75, 3.05) is 26.0 Å². The van der Waals surface area contributed by atoms with Crippen LogP contribution in [0.4, 0.5) is 0 Å². The number of benzene rings is 2. The first-order valence-corrected chi connectivity index (χ1v) is 12.5. The van der Waals surface area contributed by atoms with Gasteiger partial charge in [-0.2, -0.15) is 4.31 Å². The van der Waals surface area contributed by atoms with Gasteiger partial charge >= 0.3 is 5.97 Å². The lowest BCUT2D eigenvalue weighted by molar-refractivity contribution is 0.0474. The largest absolute Gasteiger partial charge is 0.454 e. The first-order valence-electron chi connectivity index (χ1n) is 9.47. The van der Waals surface area contributed by atoms with E-state index < -0.39 is 22.6 Å². The van der Waals surface area contributed by atoms with Crippen LogP contribution in [0.2, 0.25) is 5.02 Å². The van der Waals surface area contributed by atoms with Crippen molar-refractivity contribution in [1.29, 1.82) is 0 Å². The van der Waals surface area contributed by atoms with E-state index in [0.717, 1.165) is 24.2 Å². The Morgan fingerprint density at radius 2 is 1.67 bits per heavy atom. The second-order valence-electron chi connectivity index (χ2n) is 6.84. The Morgan fingerprint density at radius 1 is 1.03 bits per heavy atom. The average Bonchev–Trinajstić information content (AvgIpc) is 2.78. The molecular formula is C21H22ClNO5S2. The number of sulfonamides is 1. The van der Waals surface area contributed by atoms with E-state index in [4.69, 9.17) is 16.3 Å². The van der Waals surface area contributed by atoms with E-state index in [2.05, 4.69) is 0 Å². The highest BCUT2D eigenvalue weighted by molar-refractivity contribution is 7.98. The molecule has 1 aliphatic heterocycles. The molecule has 6 nitrogen and oxygen atoms in total. The zero-order valence-electron chi connectivity index (χ0n) is 16.5. The Balaban J connectivity index is 1.71. The van der Waals surface area contributed by atoms with Crippen molar-refractivity contribution in [3.05, 3.63) is 58.6 Å². The van der Waals surface area contributed by atoms with E-state index in [1.165, 1.54) is 22.5 Å². The molecule has 1 saturated heterocycles. The van der Waals surface area contributed by atoms with Gasteiger partial charge in [0.15, 0.2) is 12.4 Å². The van der Waals surface area contributed by atoms with Crippen LogP contribution < -0.4 is 0 Å². The predicted molar refractivity (Wildman–Crippen MR) is 117 cm³/mol. The summed E-state index contributed by atoms with van der Waals surface area (Å²) in [4.78, 5) is 25.6. The number of halogens is 1. The fraction of sp³-hybridized carbons (Fsp3) is 0.333. The number of carbonyl (C=O) groups is 2. The van der Waals surface area contributed by atoms with Gasteiger partial charge in [0.05, 0.1) is 10.6 Å². The number of ether oxygens (including phenoxy) is 1. The molecular weight excluding hydrogens is 446 g/mol. The van der Waals surface area contributed by atoms with Gasteiger partial charge in [0.25, 0.3) is 0 Å². The molecule has 0 aromatic heterocycles. The van der Waals surface area contributed by atoms with Crippen molar-refractivity contribution in [2.24, 2.45) is 0 Å². The minimum absolute atomic E-state index is 0.0283. The maximum Gasteiger partial charge on any atom is 0.338 e. The van der Waals surface area contributed by atoms with Gasteiger partial charge in [-0.1, -0.05) is 30.2 Å². The topological polar surface area (TPSA) is 80.8 Å². The molecule has 1 fully saturated rings. The average molecular weight is 468 g/mol. The highest BCUT2D eigenvalue weighted by atomic mass is 35.5. The summed E-state index contributed by atoms with van der Waals surface area (Å²) in [6, 6.07) is 10.9. The van der Waals surface area contributed by atoms with E-state index in [1.54, 1.807) is 23.9 Å². The molecule has 0 radical (unpaired) electrons. The van der Waals surface area contributed by atoms with Crippen LogP contribution in [-0.4, -0.2) is 50.4 Å². The third kappa shape index (κ3) is 5.24. The first kappa shape index (κ1) is 22.8. The van der Waals surface area contributed by atoms with Crippen LogP contribution in [0, 0.1) is 0 Å². The quantitative estimate of drug-likeness (QED) is 0.343. The van der Waals surface area contributed by atoms with Gasteiger partial charge in [-0.3, -0.25) is 4.79 Å². The highest BCUT2D eigenvalue weighted by Crippen LogP contribution is 2.28. The van der Waals surface area contributed by atoms with Crippen LogP contribution >= 0.6 is 23.4 Å². The number of Topliss-reactive ketones (excluding diaryl/α,β-unsaturated/α-hetero) is 1. The van der Waals surface area contributed by atoms with Crippen molar-refractivity contribution in [2.45, 2.75) is 29.1 Å². The fourth-order valence-electron chi connectivity index (χ4n) is 3.15. The summed E-state index contributed by atoms with van der Waals surface area (Å²) in [7, 11) is -3.80. The Labute approximate surface area is 185 Å². The van der Waals surface area contributed by atoms with Crippen molar-refractivity contribution >= 4 is 45.1 Å². The van der Waals surface area contributed by atoms with Crippen LogP contribution in [0.25, 0.3) is 0 Å². The molecule has 1 aliphatic rings. The predicted octanol–water partition coefficient (Wildman–Crippen LogP) is 4.28. The summed E-state index contributed by atoms with van der Waals surface area (Å²) in [5, 5.41) is 0.0436. The minimum atomic E-state index is -3.80. The van der Waals surface area contributed by atoms with Gasteiger partial charge in [0.2, 0.25) is 10.0 Å². The lowest BCUT2D eigenvalue weighted by Gasteiger charge is -2.26. The number of ketones is 1. The van der Waals surface area contributed by atoms with E-state index in [-0.39, 0.29) is 21.3 Å². The first-order chi connectivity index (χ1) is 14.3. The third-order valence-electron chi connectivity index (χ3n) is 4.85. The molecule has 0 aliphatic carbocycles. The van der Waals surface area contributed by atoms with Gasteiger partial charge in [0, 0.05) is 23.5 Å². The summed E-state index contributed by atoms with van der Waals surface area (Å²) in [6.45, 7) is 0.419. The normalized spacial score (nSPS) is 15.0. The standard InChI is InChI=1S/C21H22ClNO5S2/c1-29-17-8-5-15(6-9-17)19(24)14-28-21(25)16-7-10-18(22)20(13-16)30(26,27)23-11-3-2-4-12-23/h5-10,13H,2-4,11-12,14H2,1H3. The van der Waals surface area contributed by atoms with Crippen LogP contribution in [0.5, 0.6) is 0 Å².